The maximum absolute atomic E-state index is 13.2. The van der Waals surface area contributed by atoms with Crippen molar-refractivity contribution >= 4 is 23.4 Å². The van der Waals surface area contributed by atoms with Gasteiger partial charge in [0.2, 0.25) is 11.8 Å². The standard InChI is InChI=1S/C23H26N2O4/c1-23(2,3)25(21(27)14-16-8-6-5-7-9-16)19-15-20(26)24(22(19)28)17-10-12-18(29-4)13-11-17/h5-13,19H,14-15H2,1-4H3. The van der Waals surface area contributed by atoms with Crippen LogP contribution in [0.1, 0.15) is 32.8 Å². The number of benzene rings is 2. The van der Waals surface area contributed by atoms with Crippen molar-refractivity contribution in [2.24, 2.45) is 0 Å². The summed E-state index contributed by atoms with van der Waals surface area (Å²) >= 11 is 0. The molecule has 1 aliphatic heterocycles. The third-order valence-corrected chi connectivity index (χ3v) is 4.95. The fraction of sp³-hybridized carbons (Fsp3) is 0.348. The van der Waals surface area contributed by atoms with Gasteiger partial charge >= 0.3 is 0 Å². The number of hydrogen-bond donors (Lipinski definition) is 0. The Morgan fingerprint density at radius 1 is 1.07 bits per heavy atom. The minimum atomic E-state index is -0.819. The average molecular weight is 394 g/mol. The van der Waals surface area contributed by atoms with Gasteiger partial charge in [0.25, 0.3) is 5.91 Å². The molecule has 1 unspecified atom stereocenters. The van der Waals surface area contributed by atoms with Crippen molar-refractivity contribution in [3.05, 3.63) is 60.2 Å². The van der Waals surface area contributed by atoms with E-state index in [0.29, 0.717) is 11.4 Å². The minimum Gasteiger partial charge on any atom is -0.497 e. The van der Waals surface area contributed by atoms with Crippen molar-refractivity contribution in [2.75, 3.05) is 12.0 Å². The van der Waals surface area contributed by atoms with Crippen LogP contribution in [0.3, 0.4) is 0 Å². The van der Waals surface area contributed by atoms with E-state index in [9.17, 15) is 14.4 Å². The highest BCUT2D eigenvalue weighted by molar-refractivity contribution is 6.23. The van der Waals surface area contributed by atoms with E-state index < -0.39 is 11.6 Å². The van der Waals surface area contributed by atoms with Crippen LogP contribution in [0.4, 0.5) is 5.69 Å². The molecule has 0 spiro atoms. The summed E-state index contributed by atoms with van der Waals surface area (Å²) in [4.78, 5) is 41.8. The van der Waals surface area contributed by atoms with Gasteiger partial charge < -0.3 is 9.64 Å². The summed E-state index contributed by atoms with van der Waals surface area (Å²) in [6.07, 6.45) is 0.154. The van der Waals surface area contributed by atoms with Crippen LogP contribution in [0.15, 0.2) is 54.6 Å². The largest absolute Gasteiger partial charge is 0.497 e. The summed E-state index contributed by atoms with van der Waals surface area (Å²) in [6.45, 7) is 5.64. The highest BCUT2D eigenvalue weighted by Crippen LogP contribution is 2.31. The molecule has 1 fully saturated rings. The lowest BCUT2D eigenvalue weighted by Gasteiger charge is -2.39. The van der Waals surface area contributed by atoms with Gasteiger partial charge in [-0.1, -0.05) is 30.3 Å². The fourth-order valence-corrected chi connectivity index (χ4v) is 3.69. The molecule has 0 aromatic heterocycles. The molecule has 1 heterocycles. The van der Waals surface area contributed by atoms with Gasteiger partial charge in [-0.3, -0.25) is 14.4 Å². The van der Waals surface area contributed by atoms with Gasteiger partial charge in [0, 0.05) is 5.54 Å². The summed E-state index contributed by atoms with van der Waals surface area (Å²) < 4.78 is 5.14. The van der Waals surface area contributed by atoms with Crippen molar-refractivity contribution in [1.29, 1.82) is 0 Å². The highest BCUT2D eigenvalue weighted by atomic mass is 16.5. The van der Waals surface area contributed by atoms with Gasteiger partial charge in [0.05, 0.1) is 25.6 Å². The molecule has 0 aliphatic carbocycles. The number of nitrogens with zero attached hydrogens (tertiary/aromatic N) is 2. The predicted octanol–water partition coefficient (Wildman–Crippen LogP) is 3.20. The van der Waals surface area contributed by atoms with Gasteiger partial charge in [0.1, 0.15) is 11.8 Å². The Kier molecular flexibility index (Phi) is 5.73. The molecule has 0 N–H and O–H groups in total. The Hall–Kier alpha value is -3.15. The molecule has 1 saturated heterocycles. The number of methoxy groups -OCH3 is 1. The second-order valence-electron chi connectivity index (χ2n) is 8.08. The van der Waals surface area contributed by atoms with Crippen LogP contribution in [-0.4, -0.2) is 41.3 Å². The number of hydrogen-bond acceptors (Lipinski definition) is 4. The zero-order chi connectivity index (χ0) is 21.2. The molecule has 0 saturated carbocycles. The highest BCUT2D eigenvalue weighted by Gasteiger charge is 2.47. The molecule has 6 heteroatoms. The second-order valence-corrected chi connectivity index (χ2v) is 8.08. The van der Waals surface area contributed by atoms with Crippen LogP contribution < -0.4 is 9.64 Å². The fourth-order valence-electron chi connectivity index (χ4n) is 3.69. The number of rotatable bonds is 5. The molecular weight excluding hydrogens is 368 g/mol. The molecule has 0 radical (unpaired) electrons. The Morgan fingerprint density at radius 2 is 1.69 bits per heavy atom. The third kappa shape index (κ3) is 4.31. The van der Waals surface area contributed by atoms with Crippen molar-refractivity contribution in [1.82, 2.24) is 4.90 Å². The van der Waals surface area contributed by atoms with Crippen molar-refractivity contribution < 1.29 is 19.1 Å². The van der Waals surface area contributed by atoms with E-state index in [4.69, 9.17) is 4.74 Å². The van der Waals surface area contributed by atoms with Crippen LogP contribution in [0.2, 0.25) is 0 Å². The summed E-state index contributed by atoms with van der Waals surface area (Å²) in [5.41, 5.74) is 0.741. The van der Waals surface area contributed by atoms with Gasteiger partial charge in [-0.15, -0.1) is 0 Å². The van der Waals surface area contributed by atoms with Gasteiger partial charge in [0.15, 0.2) is 0 Å². The second kappa shape index (κ2) is 8.07. The van der Waals surface area contributed by atoms with E-state index in [2.05, 4.69) is 0 Å². The first kappa shape index (κ1) is 20.6. The maximum atomic E-state index is 13.2. The molecule has 2 aromatic carbocycles. The molecule has 152 valence electrons. The number of ether oxygens (including phenoxy) is 1. The van der Waals surface area contributed by atoms with E-state index >= 15 is 0 Å². The van der Waals surface area contributed by atoms with Crippen LogP contribution in [0.5, 0.6) is 5.75 Å². The van der Waals surface area contributed by atoms with Crippen LogP contribution in [0.25, 0.3) is 0 Å². The minimum absolute atomic E-state index is 0.0251. The normalized spacial score (nSPS) is 16.8. The first-order valence-electron chi connectivity index (χ1n) is 9.59. The summed E-state index contributed by atoms with van der Waals surface area (Å²) in [7, 11) is 1.55. The summed E-state index contributed by atoms with van der Waals surface area (Å²) in [6, 6.07) is 15.3. The monoisotopic (exact) mass is 394 g/mol. The molecule has 0 bridgehead atoms. The number of anilines is 1. The lowest BCUT2D eigenvalue weighted by Crippen LogP contribution is -2.55. The number of carbonyl (C=O) groups excluding carboxylic acids is 3. The van der Waals surface area contributed by atoms with Crippen LogP contribution >= 0.6 is 0 Å². The van der Waals surface area contributed by atoms with Crippen LogP contribution in [0, 0.1) is 0 Å². The van der Waals surface area contributed by atoms with Gasteiger partial charge in [-0.25, -0.2) is 4.90 Å². The number of imide groups is 1. The van der Waals surface area contributed by atoms with E-state index in [-0.39, 0.29) is 30.6 Å². The molecule has 1 aliphatic rings. The van der Waals surface area contributed by atoms with Crippen molar-refractivity contribution in [3.63, 3.8) is 0 Å². The van der Waals surface area contributed by atoms with E-state index in [1.54, 1.807) is 36.3 Å². The Labute approximate surface area is 171 Å². The lowest BCUT2D eigenvalue weighted by atomic mass is 9.99. The molecule has 2 aromatic rings. The lowest BCUT2D eigenvalue weighted by molar-refractivity contribution is -0.143. The maximum Gasteiger partial charge on any atom is 0.257 e. The molecule has 29 heavy (non-hydrogen) atoms. The average Bonchev–Trinajstić information content (AvgIpc) is 2.95. The summed E-state index contributed by atoms with van der Waals surface area (Å²) in [5, 5.41) is 0. The first-order chi connectivity index (χ1) is 13.7. The molecule has 6 nitrogen and oxygen atoms in total. The van der Waals surface area contributed by atoms with E-state index in [1.807, 2.05) is 51.1 Å². The van der Waals surface area contributed by atoms with Gasteiger partial charge in [-0.05, 0) is 50.6 Å². The molecular formula is C23H26N2O4. The van der Waals surface area contributed by atoms with E-state index in [0.717, 1.165) is 5.56 Å². The van der Waals surface area contributed by atoms with E-state index in [1.165, 1.54) is 4.90 Å². The van der Waals surface area contributed by atoms with Crippen molar-refractivity contribution in [2.45, 2.75) is 45.2 Å². The Bertz CT molecular complexity index is 901. The molecule has 3 rings (SSSR count). The topological polar surface area (TPSA) is 66.9 Å². The smallest absolute Gasteiger partial charge is 0.257 e. The number of carbonyl (C=O) groups is 3. The predicted molar refractivity (Wildman–Crippen MR) is 111 cm³/mol. The molecule has 1 atom stereocenters. The Morgan fingerprint density at radius 3 is 2.24 bits per heavy atom. The van der Waals surface area contributed by atoms with Crippen LogP contribution in [-0.2, 0) is 20.8 Å². The number of amides is 3. The quantitative estimate of drug-likeness (QED) is 0.731. The zero-order valence-electron chi connectivity index (χ0n) is 17.2. The van der Waals surface area contributed by atoms with Crippen molar-refractivity contribution in [3.8, 4) is 5.75 Å². The SMILES string of the molecule is COc1ccc(N2C(=O)CC(N(C(=O)Cc3ccccc3)C(C)(C)C)C2=O)cc1. The third-order valence-electron chi connectivity index (χ3n) is 4.95. The zero-order valence-corrected chi connectivity index (χ0v) is 17.2. The first-order valence-corrected chi connectivity index (χ1v) is 9.59. The summed E-state index contributed by atoms with van der Waals surface area (Å²) in [5.74, 6) is -0.228. The van der Waals surface area contributed by atoms with Gasteiger partial charge in [-0.2, -0.15) is 0 Å². The Balaban J connectivity index is 1.87. The molecule has 3 amide bonds.